The number of aromatic nitrogens is 2. The monoisotopic (exact) mass is 528 g/mol. The van der Waals surface area contributed by atoms with Gasteiger partial charge >= 0.3 is 0 Å². The van der Waals surface area contributed by atoms with Gasteiger partial charge in [-0.15, -0.1) is 0 Å². The molecule has 1 spiro atoms. The average molecular weight is 529 g/mol. The molecule has 38 heavy (non-hydrogen) atoms. The predicted octanol–water partition coefficient (Wildman–Crippen LogP) is 7.90. The third kappa shape index (κ3) is 4.80. The molecule has 6 heteroatoms. The van der Waals surface area contributed by atoms with Crippen LogP contribution in [0.4, 0.5) is 4.39 Å². The Bertz CT molecular complexity index is 1530. The van der Waals surface area contributed by atoms with Crippen LogP contribution < -0.4 is 0 Å². The summed E-state index contributed by atoms with van der Waals surface area (Å²) in [5, 5.41) is 5.84. The molecule has 0 atom stereocenters. The van der Waals surface area contributed by atoms with Crippen molar-refractivity contribution in [3.8, 4) is 11.1 Å². The number of halogens is 2. The van der Waals surface area contributed by atoms with Crippen molar-refractivity contribution in [3.05, 3.63) is 88.8 Å². The number of benzene rings is 3. The van der Waals surface area contributed by atoms with Crippen LogP contribution in [0.5, 0.6) is 0 Å². The van der Waals surface area contributed by atoms with Crippen LogP contribution >= 0.6 is 11.6 Å². The fraction of sp³-hybridized carbons (Fsp3) is 0.344. The molecule has 0 amide bonds. The lowest BCUT2D eigenvalue weighted by Gasteiger charge is -2.58. The van der Waals surface area contributed by atoms with Gasteiger partial charge in [-0.3, -0.25) is 9.48 Å². The minimum Gasteiger partial charge on any atom is -0.300 e. The summed E-state index contributed by atoms with van der Waals surface area (Å²) in [4.78, 5) is 24.9. The summed E-state index contributed by atoms with van der Waals surface area (Å²) < 4.78 is 16.8. The molecule has 2 fully saturated rings. The first-order valence-corrected chi connectivity index (χ1v) is 13.7. The second-order valence-electron chi connectivity index (χ2n) is 11.5. The molecule has 1 heterocycles. The zero-order chi connectivity index (χ0) is 26.4. The number of Topliss-reactive ketones (excluding diaryl/α,β-unsaturated/α-hetero) is 2. The highest BCUT2D eigenvalue weighted by molar-refractivity contribution is 6.32. The van der Waals surface area contributed by atoms with Crippen molar-refractivity contribution in [1.82, 2.24) is 9.78 Å². The Balaban J connectivity index is 1.19. The maximum absolute atomic E-state index is 15.0. The number of rotatable bonds is 8. The molecular formula is C32H30ClFN2O2. The zero-order valence-electron chi connectivity index (χ0n) is 21.4. The number of hydrogen-bond donors (Lipinski definition) is 0. The van der Waals surface area contributed by atoms with Gasteiger partial charge in [0.05, 0.1) is 18.3 Å². The predicted molar refractivity (Wildman–Crippen MR) is 148 cm³/mol. The van der Waals surface area contributed by atoms with Crippen molar-refractivity contribution in [1.29, 1.82) is 0 Å². The summed E-state index contributed by atoms with van der Waals surface area (Å²) in [5.74, 6) is 0.949. The molecule has 6 rings (SSSR count). The number of hydrogen-bond acceptors (Lipinski definition) is 3. The van der Waals surface area contributed by atoms with E-state index in [0.29, 0.717) is 52.8 Å². The number of nitrogens with zero attached hydrogens (tertiary/aromatic N) is 2. The van der Waals surface area contributed by atoms with Gasteiger partial charge in [0.25, 0.3) is 0 Å². The molecule has 0 bridgehead atoms. The van der Waals surface area contributed by atoms with Gasteiger partial charge in [0, 0.05) is 34.4 Å². The first-order valence-electron chi connectivity index (χ1n) is 13.3. The topological polar surface area (TPSA) is 52.0 Å². The van der Waals surface area contributed by atoms with E-state index in [4.69, 9.17) is 11.6 Å². The third-order valence-electron chi connectivity index (χ3n) is 8.39. The lowest BCUT2D eigenvalue weighted by Crippen LogP contribution is -2.48. The van der Waals surface area contributed by atoms with E-state index < -0.39 is 0 Å². The maximum Gasteiger partial charge on any atom is 0.165 e. The van der Waals surface area contributed by atoms with Gasteiger partial charge in [0.15, 0.2) is 5.78 Å². The highest BCUT2D eigenvalue weighted by Gasteiger charge is 2.52. The van der Waals surface area contributed by atoms with Crippen molar-refractivity contribution >= 4 is 34.1 Å². The van der Waals surface area contributed by atoms with Gasteiger partial charge in [0.2, 0.25) is 0 Å². The quantitative estimate of drug-likeness (QED) is 0.218. The molecule has 0 N–H and O–H groups in total. The maximum atomic E-state index is 15.0. The van der Waals surface area contributed by atoms with Crippen LogP contribution in [0.15, 0.2) is 66.9 Å². The lowest BCUT2D eigenvalue weighted by molar-refractivity contribution is -0.123. The van der Waals surface area contributed by atoms with Crippen LogP contribution in [0.2, 0.25) is 5.02 Å². The molecule has 2 aliphatic rings. The van der Waals surface area contributed by atoms with Crippen molar-refractivity contribution in [3.63, 3.8) is 0 Å². The molecule has 1 aromatic heterocycles. The molecule has 0 radical (unpaired) electrons. The van der Waals surface area contributed by atoms with Crippen molar-refractivity contribution < 1.29 is 14.0 Å². The lowest BCUT2D eigenvalue weighted by atomic mass is 9.47. The van der Waals surface area contributed by atoms with E-state index in [1.54, 1.807) is 36.0 Å². The fourth-order valence-corrected chi connectivity index (χ4v) is 7.17. The Hall–Kier alpha value is -3.31. The highest BCUT2D eigenvalue weighted by Crippen LogP contribution is 2.62. The summed E-state index contributed by atoms with van der Waals surface area (Å²) in [6.07, 6.45) is 7.24. The Morgan fingerprint density at radius 2 is 1.71 bits per heavy atom. The Kier molecular flexibility index (Phi) is 6.43. The van der Waals surface area contributed by atoms with E-state index >= 15 is 0 Å². The summed E-state index contributed by atoms with van der Waals surface area (Å²) in [6.45, 7) is 2.02. The van der Waals surface area contributed by atoms with E-state index in [2.05, 4.69) is 5.10 Å². The Morgan fingerprint density at radius 1 is 1.00 bits per heavy atom. The van der Waals surface area contributed by atoms with Crippen molar-refractivity contribution in [2.24, 2.45) is 17.3 Å². The summed E-state index contributed by atoms with van der Waals surface area (Å²) in [7, 11) is 0. The van der Waals surface area contributed by atoms with E-state index in [9.17, 15) is 14.0 Å². The smallest absolute Gasteiger partial charge is 0.165 e. The number of carbonyl (C=O) groups excluding carboxylic acids is 2. The molecule has 194 valence electrons. The van der Waals surface area contributed by atoms with Crippen LogP contribution in [0.3, 0.4) is 0 Å². The van der Waals surface area contributed by atoms with Gasteiger partial charge in [-0.05, 0) is 79.2 Å². The van der Waals surface area contributed by atoms with E-state index in [1.165, 1.54) is 0 Å². The molecule has 0 aliphatic heterocycles. The number of fused-ring (bicyclic) bond motifs is 1. The molecule has 3 aromatic carbocycles. The van der Waals surface area contributed by atoms with E-state index in [0.717, 1.165) is 47.7 Å². The SMILES string of the molecule is CC(=O)CC1CC2(C1)CC(CC(=O)c1cc(Cl)cc3cnn(Cc4ccc(-c5ccccc5)c(F)c4)c13)C2. The van der Waals surface area contributed by atoms with Crippen molar-refractivity contribution in [2.75, 3.05) is 0 Å². The summed E-state index contributed by atoms with van der Waals surface area (Å²) in [5.41, 5.74) is 3.83. The standard InChI is InChI=1S/C32H30ClFN2O2/c1-20(37)9-22-14-32(15-22)16-23(17-32)11-30(38)28-13-26(33)12-25-18-35-36(31(25)28)19-21-7-8-27(29(34)10-21)24-5-3-2-4-6-24/h2-8,10,12-13,18,22-23H,9,11,14-17,19H2,1H3. The van der Waals surface area contributed by atoms with Crippen LogP contribution in [0, 0.1) is 23.1 Å². The number of carbonyl (C=O) groups is 2. The molecular weight excluding hydrogens is 499 g/mol. The Labute approximate surface area is 226 Å². The summed E-state index contributed by atoms with van der Waals surface area (Å²) in [6, 6.07) is 18.3. The molecule has 4 aromatic rings. The van der Waals surface area contributed by atoms with Gasteiger partial charge < -0.3 is 4.79 Å². The van der Waals surface area contributed by atoms with E-state index in [1.807, 2.05) is 42.5 Å². The highest BCUT2D eigenvalue weighted by atomic mass is 35.5. The average Bonchev–Trinajstić information content (AvgIpc) is 3.23. The van der Waals surface area contributed by atoms with Crippen molar-refractivity contribution in [2.45, 2.75) is 52.0 Å². The van der Waals surface area contributed by atoms with Gasteiger partial charge in [-0.1, -0.05) is 54.1 Å². The largest absolute Gasteiger partial charge is 0.300 e. The first-order chi connectivity index (χ1) is 18.3. The molecule has 4 nitrogen and oxygen atoms in total. The fourth-order valence-electron chi connectivity index (χ4n) is 6.94. The Morgan fingerprint density at radius 3 is 2.39 bits per heavy atom. The second-order valence-corrected chi connectivity index (χ2v) is 11.9. The van der Waals surface area contributed by atoms with Gasteiger partial charge in [0.1, 0.15) is 11.6 Å². The minimum atomic E-state index is -0.287. The zero-order valence-corrected chi connectivity index (χ0v) is 22.2. The summed E-state index contributed by atoms with van der Waals surface area (Å²) >= 11 is 6.39. The molecule has 2 saturated carbocycles. The van der Waals surface area contributed by atoms with Crippen LogP contribution in [0.25, 0.3) is 22.0 Å². The molecule has 0 unspecified atom stereocenters. The van der Waals surface area contributed by atoms with E-state index in [-0.39, 0.29) is 17.4 Å². The van der Waals surface area contributed by atoms with Crippen LogP contribution in [-0.4, -0.2) is 21.3 Å². The van der Waals surface area contributed by atoms with Gasteiger partial charge in [-0.25, -0.2) is 4.39 Å². The first kappa shape index (κ1) is 25.0. The van der Waals surface area contributed by atoms with Crippen LogP contribution in [0.1, 0.15) is 61.4 Å². The third-order valence-corrected chi connectivity index (χ3v) is 8.60. The van der Waals surface area contributed by atoms with Gasteiger partial charge in [-0.2, -0.15) is 5.10 Å². The molecule has 2 aliphatic carbocycles. The number of ketones is 2. The molecule has 0 saturated heterocycles. The van der Waals surface area contributed by atoms with Crippen LogP contribution in [-0.2, 0) is 11.3 Å². The minimum absolute atomic E-state index is 0.0734. The second kappa shape index (κ2) is 9.77. The normalized spacial score (nSPS) is 22.3.